The number of carbonyl (C=O) groups excluding carboxylic acids is 2. The quantitative estimate of drug-likeness (QED) is 0.340. The van der Waals surface area contributed by atoms with E-state index in [1.807, 2.05) is 30.7 Å². The van der Waals surface area contributed by atoms with Crippen LogP contribution in [0.3, 0.4) is 0 Å². The lowest BCUT2D eigenvalue weighted by atomic mass is 9.48. The third-order valence-corrected chi connectivity index (χ3v) is 14.9. The summed E-state index contributed by atoms with van der Waals surface area (Å²) in [5, 5.41) is 11.5. The summed E-state index contributed by atoms with van der Waals surface area (Å²) in [5.41, 5.74) is 1.09. The molecule has 0 aromatic rings. The first kappa shape index (κ1) is 33.5. The molecule has 1 saturated heterocycles. The van der Waals surface area contributed by atoms with Gasteiger partial charge in [0, 0.05) is 40.2 Å². The second-order valence-corrected chi connectivity index (χ2v) is 17.0. The predicted octanol–water partition coefficient (Wildman–Crippen LogP) is 5.87. The van der Waals surface area contributed by atoms with Crippen molar-refractivity contribution < 1.29 is 24.2 Å². The van der Waals surface area contributed by atoms with Crippen LogP contribution in [0, 0.1) is 57.7 Å². The van der Waals surface area contributed by atoms with Gasteiger partial charge in [-0.2, -0.15) is 0 Å². The highest BCUT2D eigenvalue weighted by Gasteiger charge is 2.83. The van der Waals surface area contributed by atoms with Crippen molar-refractivity contribution in [2.75, 3.05) is 47.4 Å². The Morgan fingerprint density at radius 1 is 1.00 bits per heavy atom. The van der Waals surface area contributed by atoms with Crippen LogP contribution in [-0.2, 0) is 14.3 Å². The first-order chi connectivity index (χ1) is 21.3. The maximum atomic E-state index is 12.7. The Kier molecular flexibility index (Phi) is 9.13. The molecule has 256 valence electrons. The molecule has 3 amide bonds. The molecule has 1 N–H and O–H groups in total. The zero-order valence-corrected chi connectivity index (χ0v) is 29.6. The van der Waals surface area contributed by atoms with Crippen molar-refractivity contribution in [1.29, 1.82) is 0 Å². The second kappa shape index (κ2) is 12.3. The molecule has 0 radical (unpaired) electrons. The summed E-state index contributed by atoms with van der Waals surface area (Å²) in [6, 6.07) is 0.0607. The standard InChI is InChI=1S/C37H63N3O5/c1-23(2)33(42)40-19-20-44-32(22-40)45-31-14-15-36-25(4)37(36)17-16-35(5)28(11-9-10-18-39(8)34(43)38(6)7)30(41)21-29(35)27(37)13-12-26(36)24(31)3/h23-32,41H,9-22H2,1-8H3/t24?,25-,26-,27-,28?,29?,30+,31-,32?,35+,36?,37-/m0/s1. The molecular formula is C37H63N3O5. The Bertz CT molecular complexity index is 1120. The van der Waals surface area contributed by atoms with E-state index in [0.29, 0.717) is 54.2 Å². The fraction of sp³-hybridized carbons (Fsp3) is 0.946. The van der Waals surface area contributed by atoms with Gasteiger partial charge in [0.15, 0.2) is 6.29 Å². The molecule has 6 fully saturated rings. The maximum Gasteiger partial charge on any atom is 0.319 e. The van der Waals surface area contributed by atoms with Gasteiger partial charge in [-0.25, -0.2) is 4.79 Å². The topological polar surface area (TPSA) is 82.5 Å². The van der Waals surface area contributed by atoms with Crippen molar-refractivity contribution in [3.63, 3.8) is 0 Å². The summed E-state index contributed by atoms with van der Waals surface area (Å²) in [4.78, 5) is 30.3. The van der Waals surface area contributed by atoms with Gasteiger partial charge in [-0.05, 0) is 110 Å². The van der Waals surface area contributed by atoms with Gasteiger partial charge in [0.05, 0.1) is 25.4 Å². The molecule has 12 atom stereocenters. The highest BCUT2D eigenvalue weighted by atomic mass is 16.7. The number of aliphatic hydroxyl groups is 1. The van der Waals surface area contributed by atoms with Gasteiger partial charge in [0.2, 0.25) is 5.91 Å². The molecule has 0 aromatic heterocycles. The number of rotatable bonds is 8. The number of fused-ring (bicyclic) bond motifs is 2. The normalized spacial score (nSPS) is 45.3. The monoisotopic (exact) mass is 629 g/mol. The summed E-state index contributed by atoms with van der Waals surface area (Å²) in [6.45, 7) is 14.0. The van der Waals surface area contributed by atoms with E-state index in [1.165, 1.54) is 32.1 Å². The predicted molar refractivity (Wildman–Crippen MR) is 175 cm³/mol. The third-order valence-electron chi connectivity index (χ3n) is 14.9. The van der Waals surface area contributed by atoms with Crippen LogP contribution in [0.1, 0.15) is 98.8 Å². The lowest BCUT2D eigenvalue weighted by Crippen LogP contribution is -2.53. The van der Waals surface area contributed by atoms with Crippen molar-refractivity contribution >= 4 is 11.9 Å². The van der Waals surface area contributed by atoms with Gasteiger partial charge in [0.1, 0.15) is 0 Å². The molecule has 6 aliphatic rings. The number of carbonyl (C=O) groups is 2. The molecule has 6 rings (SSSR count). The van der Waals surface area contributed by atoms with E-state index in [0.717, 1.165) is 50.5 Å². The number of aliphatic hydroxyl groups excluding tert-OH is 1. The van der Waals surface area contributed by atoms with Crippen LogP contribution >= 0.6 is 0 Å². The molecular weight excluding hydrogens is 566 g/mol. The van der Waals surface area contributed by atoms with Gasteiger partial charge < -0.3 is 29.3 Å². The Labute approximate surface area is 272 Å². The molecule has 0 bridgehead atoms. The number of unbranched alkanes of at least 4 members (excludes halogenated alkanes) is 1. The average molecular weight is 630 g/mol. The zero-order chi connectivity index (χ0) is 32.5. The Hall–Kier alpha value is -1.38. The Balaban J connectivity index is 1.09. The third kappa shape index (κ3) is 5.17. The summed E-state index contributed by atoms with van der Waals surface area (Å²) in [6.07, 6.45) is 11.3. The molecule has 1 heterocycles. The molecule has 5 saturated carbocycles. The van der Waals surface area contributed by atoms with E-state index in [4.69, 9.17) is 9.47 Å². The SMILES string of the molecule is CC(C)C(=O)N1CCOC(O[C@H]2CCC34[C@@H](CC[C@H]5C6C[C@@H](O)C(CCCCN(C)C(=O)N(C)C)[C@@]6(C)CC[C@]53[C@H]4C)C2C)C1. The Morgan fingerprint density at radius 2 is 1.71 bits per heavy atom. The fourth-order valence-corrected chi connectivity index (χ4v) is 12.8. The number of urea groups is 1. The van der Waals surface area contributed by atoms with Crippen molar-refractivity contribution in [2.24, 2.45) is 57.7 Å². The highest BCUT2D eigenvalue weighted by Crippen LogP contribution is 2.88. The number of morpholine rings is 1. The van der Waals surface area contributed by atoms with Gasteiger partial charge in [-0.1, -0.05) is 41.0 Å². The van der Waals surface area contributed by atoms with Crippen LogP contribution in [0.2, 0.25) is 0 Å². The van der Waals surface area contributed by atoms with Crippen molar-refractivity contribution in [3.05, 3.63) is 0 Å². The van der Waals surface area contributed by atoms with Crippen molar-refractivity contribution in [3.8, 4) is 0 Å². The second-order valence-electron chi connectivity index (χ2n) is 17.0. The fourth-order valence-electron chi connectivity index (χ4n) is 12.8. The van der Waals surface area contributed by atoms with Gasteiger partial charge >= 0.3 is 6.03 Å². The van der Waals surface area contributed by atoms with Crippen LogP contribution in [0.25, 0.3) is 0 Å². The number of ether oxygens (including phenoxy) is 2. The summed E-state index contributed by atoms with van der Waals surface area (Å²) in [7, 11) is 5.50. The first-order valence-corrected chi connectivity index (χ1v) is 18.5. The minimum atomic E-state index is -0.314. The Morgan fingerprint density at radius 3 is 2.42 bits per heavy atom. The van der Waals surface area contributed by atoms with E-state index in [2.05, 4.69) is 20.8 Å². The van der Waals surface area contributed by atoms with Crippen LogP contribution in [0.5, 0.6) is 0 Å². The van der Waals surface area contributed by atoms with Crippen molar-refractivity contribution in [2.45, 2.75) is 117 Å². The summed E-state index contributed by atoms with van der Waals surface area (Å²) >= 11 is 0. The van der Waals surface area contributed by atoms with Crippen molar-refractivity contribution in [1.82, 2.24) is 14.7 Å². The maximum absolute atomic E-state index is 12.7. The first-order valence-electron chi connectivity index (χ1n) is 18.5. The molecule has 2 spiro atoms. The molecule has 5 aliphatic carbocycles. The average Bonchev–Trinajstić information content (AvgIpc) is 3.43. The zero-order valence-electron chi connectivity index (χ0n) is 29.6. The van der Waals surface area contributed by atoms with E-state index in [9.17, 15) is 14.7 Å². The molecule has 5 unspecified atom stereocenters. The lowest BCUT2D eigenvalue weighted by Gasteiger charge is -2.57. The van der Waals surface area contributed by atoms with Crippen LogP contribution in [0.4, 0.5) is 4.79 Å². The van der Waals surface area contributed by atoms with Crippen LogP contribution in [-0.4, -0.2) is 97.6 Å². The number of nitrogens with zero attached hydrogens (tertiary/aromatic N) is 3. The van der Waals surface area contributed by atoms with E-state index in [1.54, 1.807) is 19.0 Å². The van der Waals surface area contributed by atoms with E-state index in [-0.39, 0.29) is 41.8 Å². The smallest absolute Gasteiger partial charge is 0.319 e. The van der Waals surface area contributed by atoms with Gasteiger partial charge in [-0.3, -0.25) is 4.79 Å². The summed E-state index contributed by atoms with van der Waals surface area (Å²) < 4.78 is 12.8. The lowest BCUT2D eigenvalue weighted by molar-refractivity contribution is -0.227. The summed E-state index contributed by atoms with van der Waals surface area (Å²) in [5.74, 6) is 3.86. The minimum Gasteiger partial charge on any atom is -0.393 e. The molecule has 45 heavy (non-hydrogen) atoms. The number of amides is 3. The molecule has 8 heteroatoms. The number of hydrogen-bond acceptors (Lipinski definition) is 5. The number of hydrogen-bond donors (Lipinski definition) is 1. The molecule has 8 nitrogen and oxygen atoms in total. The van der Waals surface area contributed by atoms with E-state index >= 15 is 0 Å². The van der Waals surface area contributed by atoms with E-state index < -0.39 is 0 Å². The molecule has 1 aliphatic heterocycles. The highest BCUT2D eigenvalue weighted by molar-refractivity contribution is 5.78. The van der Waals surface area contributed by atoms with Gasteiger partial charge in [0.25, 0.3) is 0 Å². The largest absolute Gasteiger partial charge is 0.393 e. The van der Waals surface area contributed by atoms with Crippen LogP contribution in [0.15, 0.2) is 0 Å². The van der Waals surface area contributed by atoms with Crippen LogP contribution < -0.4 is 0 Å². The van der Waals surface area contributed by atoms with Gasteiger partial charge in [-0.15, -0.1) is 0 Å². The molecule has 0 aromatic carbocycles. The minimum absolute atomic E-state index is 0.000544.